The number of hydrogen-bond donors (Lipinski definition) is 1. The van der Waals surface area contributed by atoms with E-state index in [0.717, 1.165) is 5.56 Å². The molecule has 3 heteroatoms. The maximum absolute atomic E-state index is 11.0. The van der Waals surface area contributed by atoms with E-state index in [0.29, 0.717) is 19.5 Å². The number of nitrogens with zero attached hydrogens (tertiary/aromatic N) is 1. The van der Waals surface area contributed by atoms with Crippen LogP contribution in [-0.4, -0.2) is 22.3 Å². The molecule has 0 heterocycles. The molecule has 0 aliphatic carbocycles. The van der Waals surface area contributed by atoms with E-state index in [-0.39, 0.29) is 11.7 Å². The minimum absolute atomic E-state index is 0.131. The van der Waals surface area contributed by atoms with Gasteiger partial charge < -0.3 is 10.0 Å². The lowest BCUT2D eigenvalue weighted by molar-refractivity contribution is -0.117. The number of aliphatic hydroxyl groups is 1. The summed E-state index contributed by atoms with van der Waals surface area (Å²) in [6.45, 7) is 4.50. The van der Waals surface area contributed by atoms with Crippen molar-refractivity contribution in [3.05, 3.63) is 47.9 Å². The normalized spacial score (nSPS) is 11.3. The Morgan fingerprint density at radius 2 is 2.00 bits per heavy atom. The van der Waals surface area contributed by atoms with Crippen LogP contribution in [-0.2, 0) is 11.3 Å². The van der Waals surface area contributed by atoms with Gasteiger partial charge >= 0.3 is 0 Å². The molecular formula is C14H19NO2. The van der Waals surface area contributed by atoms with Gasteiger partial charge in [-0.15, -0.1) is 0 Å². The van der Waals surface area contributed by atoms with Crippen molar-refractivity contribution >= 4 is 5.78 Å². The average molecular weight is 233 g/mol. The Bertz CT molecular complexity index is 384. The van der Waals surface area contributed by atoms with Crippen molar-refractivity contribution in [3.8, 4) is 0 Å². The SMILES string of the molecule is C/C=C(\O)N(CCC(C)=O)Cc1ccccc1. The molecular weight excluding hydrogens is 214 g/mol. The maximum Gasteiger partial charge on any atom is 0.182 e. The molecule has 0 saturated carbocycles. The average Bonchev–Trinajstić information content (AvgIpc) is 2.34. The second-order valence-corrected chi connectivity index (χ2v) is 4.01. The van der Waals surface area contributed by atoms with Crippen molar-refractivity contribution in [3.63, 3.8) is 0 Å². The number of ketones is 1. The highest BCUT2D eigenvalue weighted by atomic mass is 16.3. The Morgan fingerprint density at radius 1 is 1.35 bits per heavy atom. The molecule has 0 bridgehead atoms. The first-order valence-electron chi connectivity index (χ1n) is 5.77. The lowest BCUT2D eigenvalue weighted by Gasteiger charge is -2.23. The highest BCUT2D eigenvalue weighted by Crippen LogP contribution is 2.10. The zero-order valence-electron chi connectivity index (χ0n) is 10.4. The smallest absolute Gasteiger partial charge is 0.182 e. The number of allylic oxidation sites excluding steroid dienone is 1. The van der Waals surface area contributed by atoms with Crippen molar-refractivity contribution in [2.24, 2.45) is 0 Å². The van der Waals surface area contributed by atoms with Crippen LogP contribution in [0.1, 0.15) is 25.8 Å². The van der Waals surface area contributed by atoms with Gasteiger partial charge in [0.05, 0.1) is 0 Å². The fourth-order valence-electron chi connectivity index (χ4n) is 1.55. The highest BCUT2D eigenvalue weighted by molar-refractivity contribution is 5.75. The summed E-state index contributed by atoms with van der Waals surface area (Å²) in [5, 5.41) is 9.77. The summed E-state index contributed by atoms with van der Waals surface area (Å²) in [6.07, 6.45) is 2.09. The van der Waals surface area contributed by atoms with Crippen LogP contribution in [0.25, 0.3) is 0 Å². The van der Waals surface area contributed by atoms with Crippen LogP contribution >= 0.6 is 0 Å². The van der Waals surface area contributed by atoms with Gasteiger partial charge in [-0.3, -0.25) is 4.79 Å². The molecule has 0 atom stereocenters. The molecule has 1 aromatic rings. The van der Waals surface area contributed by atoms with Gasteiger partial charge in [0, 0.05) is 19.5 Å². The van der Waals surface area contributed by atoms with Crippen molar-refractivity contribution in [2.45, 2.75) is 26.8 Å². The van der Waals surface area contributed by atoms with Gasteiger partial charge in [0.2, 0.25) is 0 Å². The number of rotatable bonds is 6. The van der Waals surface area contributed by atoms with Gasteiger partial charge in [-0.2, -0.15) is 0 Å². The van der Waals surface area contributed by atoms with Crippen molar-refractivity contribution < 1.29 is 9.90 Å². The summed E-state index contributed by atoms with van der Waals surface area (Å²) in [5.41, 5.74) is 1.12. The third-order valence-corrected chi connectivity index (χ3v) is 2.53. The number of benzene rings is 1. The van der Waals surface area contributed by atoms with Gasteiger partial charge in [-0.1, -0.05) is 30.3 Å². The molecule has 17 heavy (non-hydrogen) atoms. The predicted molar refractivity (Wildman–Crippen MR) is 68.5 cm³/mol. The van der Waals surface area contributed by atoms with Crippen LogP contribution in [0.3, 0.4) is 0 Å². The van der Waals surface area contributed by atoms with E-state index in [1.54, 1.807) is 24.8 Å². The standard InChI is InChI=1S/C14H19NO2/c1-3-14(17)15(10-9-12(2)16)11-13-7-5-4-6-8-13/h3-8,17H,9-11H2,1-2H3/b14-3-. The molecule has 0 fully saturated rings. The quantitative estimate of drug-likeness (QED) is 0.768. The summed E-state index contributed by atoms with van der Waals surface area (Å²) in [5.74, 6) is 0.349. The second kappa shape index (κ2) is 6.74. The number of carbonyl (C=O) groups excluding carboxylic acids is 1. The molecule has 3 nitrogen and oxygen atoms in total. The van der Waals surface area contributed by atoms with E-state index in [2.05, 4.69) is 0 Å². The van der Waals surface area contributed by atoms with Crippen LogP contribution in [0.15, 0.2) is 42.3 Å². The number of carbonyl (C=O) groups is 1. The van der Waals surface area contributed by atoms with E-state index in [4.69, 9.17) is 0 Å². The van der Waals surface area contributed by atoms with Crippen LogP contribution in [0.5, 0.6) is 0 Å². The minimum Gasteiger partial charge on any atom is -0.495 e. The summed E-state index contributed by atoms with van der Waals surface area (Å²) in [4.78, 5) is 12.8. The number of hydrogen-bond acceptors (Lipinski definition) is 3. The van der Waals surface area contributed by atoms with Crippen molar-refractivity contribution in [1.82, 2.24) is 4.90 Å². The molecule has 0 spiro atoms. The van der Waals surface area contributed by atoms with E-state index in [1.165, 1.54) is 0 Å². The Morgan fingerprint density at radius 3 is 2.53 bits per heavy atom. The van der Waals surface area contributed by atoms with Crippen LogP contribution in [0.4, 0.5) is 0 Å². The summed E-state index contributed by atoms with van der Waals surface area (Å²) in [6, 6.07) is 9.89. The molecule has 0 saturated heterocycles. The molecule has 1 N–H and O–H groups in total. The van der Waals surface area contributed by atoms with Gasteiger partial charge in [0.15, 0.2) is 5.88 Å². The summed E-state index contributed by atoms with van der Waals surface area (Å²) in [7, 11) is 0. The lowest BCUT2D eigenvalue weighted by Crippen LogP contribution is -2.25. The van der Waals surface area contributed by atoms with E-state index in [9.17, 15) is 9.90 Å². The first kappa shape index (κ1) is 13.3. The Balaban J connectivity index is 2.67. The second-order valence-electron chi connectivity index (χ2n) is 4.01. The Hall–Kier alpha value is -1.77. The molecule has 1 aromatic carbocycles. The van der Waals surface area contributed by atoms with Crippen LogP contribution in [0, 0.1) is 0 Å². The fraction of sp³-hybridized carbons (Fsp3) is 0.357. The Kier molecular flexibility index (Phi) is 5.27. The fourth-order valence-corrected chi connectivity index (χ4v) is 1.55. The molecule has 0 amide bonds. The minimum atomic E-state index is 0.131. The zero-order valence-corrected chi connectivity index (χ0v) is 10.4. The largest absolute Gasteiger partial charge is 0.495 e. The topological polar surface area (TPSA) is 40.5 Å². The first-order chi connectivity index (χ1) is 8.13. The molecule has 0 aliphatic heterocycles. The molecule has 0 aliphatic rings. The predicted octanol–water partition coefficient (Wildman–Crippen LogP) is 2.89. The van der Waals surface area contributed by atoms with E-state index in [1.807, 2.05) is 30.3 Å². The number of aliphatic hydroxyl groups excluding tert-OH is 1. The zero-order chi connectivity index (χ0) is 12.7. The molecule has 0 aromatic heterocycles. The summed E-state index contributed by atoms with van der Waals surface area (Å²) < 4.78 is 0. The van der Waals surface area contributed by atoms with Gasteiger partial charge in [-0.05, 0) is 25.5 Å². The molecule has 1 rings (SSSR count). The van der Waals surface area contributed by atoms with Crippen molar-refractivity contribution in [2.75, 3.05) is 6.54 Å². The van der Waals surface area contributed by atoms with Gasteiger partial charge in [-0.25, -0.2) is 0 Å². The van der Waals surface area contributed by atoms with Gasteiger partial charge in [0.1, 0.15) is 5.78 Å². The highest BCUT2D eigenvalue weighted by Gasteiger charge is 2.09. The third kappa shape index (κ3) is 4.72. The molecule has 92 valence electrons. The molecule has 0 radical (unpaired) electrons. The lowest BCUT2D eigenvalue weighted by atomic mass is 10.2. The molecule has 0 unspecified atom stereocenters. The van der Waals surface area contributed by atoms with E-state index < -0.39 is 0 Å². The van der Waals surface area contributed by atoms with Gasteiger partial charge in [0.25, 0.3) is 0 Å². The first-order valence-corrected chi connectivity index (χ1v) is 5.77. The monoisotopic (exact) mass is 233 g/mol. The number of Topliss-reactive ketones (excluding diaryl/α,β-unsaturated/α-hetero) is 1. The maximum atomic E-state index is 11.0. The summed E-state index contributed by atoms with van der Waals surface area (Å²) >= 11 is 0. The Labute approximate surface area is 102 Å². The van der Waals surface area contributed by atoms with Crippen molar-refractivity contribution in [1.29, 1.82) is 0 Å². The van der Waals surface area contributed by atoms with Crippen LogP contribution < -0.4 is 0 Å². The van der Waals surface area contributed by atoms with Crippen LogP contribution in [0.2, 0.25) is 0 Å². The van der Waals surface area contributed by atoms with E-state index >= 15 is 0 Å². The third-order valence-electron chi connectivity index (χ3n) is 2.53.